The summed E-state index contributed by atoms with van der Waals surface area (Å²) in [4.78, 5) is 0. The highest BCUT2D eigenvalue weighted by molar-refractivity contribution is 5.00. The molecule has 21 heavy (non-hydrogen) atoms. The van der Waals surface area contributed by atoms with Crippen LogP contribution in [0.25, 0.3) is 0 Å². The Morgan fingerprint density at radius 2 is 1.86 bits per heavy atom. The zero-order chi connectivity index (χ0) is 14.8. The molecular formula is C19H34N2. The van der Waals surface area contributed by atoms with E-state index < -0.39 is 0 Å². The molecule has 3 aliphatic rings. The molecule has 0 aliphatic heterocycles. The molecule has 0 amide bonds. The maximum atomic E-state index is 6.51. The fourth-order valence-electron chi connectivity index (χ4n) is 5.47. The summed E-state index contributed by atoms with van der Waals surface area (Å²) in [5.74, 6) is 3.16. The van der Waals surface area contributed by atoms with E-state index in [0.29, 0.717) is 18.1 Å². The number of hydrogen-bond donors (Lipinski definition) is 2. The molecule has 0 aromatic rings. The summed E-state index contributed by atoms with van der Waals surface area (Å²) in [6.07, 6.45) is 15.6. The van der Waals surface area contributed by atoms with E-state index >= 15 is 0 Å². The molecule has 2 fully saturated rings. The summed E-state index contributed by atoms with van der Waals surface area (Å²) in [6.45, 7) is 4.80. The lowest BCUT2D eigenvalue weighted by Crippen LogP contribution is -2.55. The van der Waals surface area contributed by atoms with Crippen LogP contribution in [0, 0.1) is 23.7 Å². The van der Waals surface area contributed by atoms with Gasteiger partial charge in [-0.15, -0.1) is 0 Å². The van der Waals surface area contributed by atoms with Crippen molar-refractivity contribution in [1.29, 1.82) is 0 Å². The van der Waals surface area contributed by atoms with Crippen molar-refractivity contribution in [2.45, 2.75) is 83.3 Å². The van der Waals surface area contributed by atoms with Gasteiger partial charge >= 0.3 is 0 Å². The van der Waals surface area contributed by atoms with Crippen LogP contribution < -0.4 is 11.1 Å². The van der Waals surface area contributed by atoms with Crippen molar-refractivity contribution in [3.8, 4) is 0 Å². The van der Waals surface area contributed by atoms with Gasteiger partial charge < -0.3 is 11.1 Å². The fraction of sp³-hybridized carbons (Fsp3) is 0.895. The van der Waals surface area contributed by atoms with Crippen LogP contribution in [-0.2, 0) is 0 Å². The van der Waals surface area contributed by atoms with Crippen molar-refractivity contribution >= 4 is 0 Å². The van der Waals surface area contributed by atoms with Gasteiger partial charge in [-0.25, -0.2) is 0 Å². The zero-order valence-electron chi connectivity index (χ0n) is 13.9. The second-order valence-electron chi connectivity index (χ2n) is 7.95. The maximum Gasteiger partial charge on any atom is 0.0115 e. The molecule has 3 N–H and O–H groups in total. The van der Waals surface area contributed by atoms with E-state index in [-0.39, 0.29) is 0 Å². The SMILES string of the molecule is CC1C=CCCC1C(C)NC1CCCC2CCCC(N)C21. The molecule has 3 aliphatic carbocycles. The molecule has 2 saturated carbocycles. The van der Waals surface area contributed by atoms with Crippen molar-refractivity contribution in [2.75, 3.05) is 0 Å². The van der Waals surface area contributed by atoms with E-state index in [0.717, 1.165) is 23.7 Å². The first-order valence-electron chi connectivity index (χ1n) is 9.35. The average Bonchev–Trinajstić information content (AvgIpc) is 2.48. The Kier molecular flexibility index (Phi) is 5.06. The van der Waals surface area contributed by atoms with Gasteiger partial charge in [-0.3, -0.25) is 0 Å². The Bertz CT molecular complexity index is 363. The number of nitrogens with one attached hydrogen (secondary N) is 1. The first kappa shape index (κ1) is 15.6. The van der Waals surface area contributed by atoms with Gasteiger partial charge in [-0.05, 0) is 56.3 Å². The highest BCUT2D eigenvalue weighted by Crippen LogP contribution is 2.40. The molecule has 2 heteroatoms. The summed E-state index contributed by atoms with van der Waals surface area (Å²) >= 11 is 0. The van der Waals surface area contributed by atoms with Crippen LogP contribution in [-0.4, -0.2) is 18.1 Å². The van der Waals surface area contributed by atoms with E-state index in [1.54, 1.807) is 0 Å². The zero-order valence-corrected chi connectivity index (χ0v) is 13.9. The van der Waals surface area contributed by atoms with Crippen molar-refractivity contribution in [1.82, 2.24) is 5.32 Å². The number of fused-ring (bicyclic) bond motifs is 1. The number of nitrogens with two attached hydrogens (primary N) is 1. The molecule has 2 nitrogen and oxygen atoms in total. The second-order valence-corrected chi connectivity index (χ2v) is 7.95. The molecule has 0 heterocycles. The molecule has 7 atom stereocenters. The van der Waals surface area contributed by atoms with Gasteiger partial charge in [-0.1, -0.05) is 44.8 Å². The highest BCUT2D eigenvalue weighted by atomic mass is 15.0. The van der Waals surface area contributed by atoms with Crippen LogP contribution in [0.5, 0.6) is 0 Å². The van der Waals surface area contributed by atoms with Gasteiger partial charge in [0.15, 0.2) is 0 Å². The van der Waals surface area contributed by atoms with Gasteiger partial charge in [0.2, 0.25) is 0 Å². The Labute approximate surface area is 130 Å². The normalized spacial score (nSPS) is 45.1. The highest BCUT2D eigenvalue weighted by Gasteiger charge is 2.40. The molecule has 7 unspecified atom stereocenters. The molecule has 0 radical (unpaired) electrons. The minimum absolute atomic E-state index is 0.442. The van der Waals surface area contributed by atoms with E-state index in [1.165, 1.54) is 51.4 Å². The largest absolute Gasteiger partial charge is 0.327 e. The van der Waals surface area contributed by atoms with Crippen LogP contribution in [0.2, 0.25) is 0 Å². The van der Waals surface area contributed by atoms with Gasteiger partial charge in [0.25, 0.3) is 0 Å². The lowest BCUT2D eigenvalue weighted by Gasteiger charge is -2.47. The summed E-state index contributed by atoms with van der Waals surface area (Å²) < 4.78 is 0. The topological polar surface area (TPSA) is 38.0 Å². The number of rotatable bonds is 3. The van der Waals surface area contributed by atoms with Crippen LogP contribution in [0.15, 0.2) is 12.2 Å². The molecule has 3 rings (SSSR count). The Hall–Kier alpha value is -0.340. The average molecular weight is 290 g/mol. The molecule has 120 valence electrons. The first-order valence-corrected chi connectivity index (χ1v) is 9.35. The van der Waals surface area contributed by atoms with Gasteiger partial charge in [-0.2, -0.15) is 0 Å². The summed E-state index contributed by atoms with van der Waals surface area (Å²) in [6, 6.07) is 1.74. The third kappa shape index (κ3) is 3.37. The molecule has 0 aromatic heterocycles. The molecule has 0 bridgehead atoms. The molecule has 0 spiro atoms. The van der Waals surface area contributed by atoms with Crippen LogP contribution in [0.3, 0.4) is 0 Å². The summed E-state index contributed by atoms with van der Waals surface area (Å²) in [5, 5.41) is 4.03. The smallest absolute Gasteiger partial charge is 0.0115 e. The number of allylic oxidation sites excluding steroid dienone is 2. The van der Waals surface area contributed by atoms with Gasteiger partial charge in [0.05, 0.1) is 0 Å². The van der Waals surface area contributed by atoms with E-state index in [1.807, 2.05) is 0 Å². The van der Waals surface area contributed by atoms with E-state index in [9.17, 15) is 0 Å². The predicted molar refractivity (Wildman–Crippen MR) is 90.1 cm³/mol. The van der Waals surface area contributed by atoms with Crippen LogP contribution in [0.1, 0.15) is 65.2 Å². The van der Waals surface area contributed by atoms with Crippen molar-refractivity contribution in [2.24, 2.45) is 29.4 Å². The second kappa shape index (κ2) is 6.83. The Balaban J connectivity index is 1.63. The predicted octanol–water partition coefficient (Wildman–Crippen LogP) is 3.86. The fourth-order valence-corrected chi connectivity index (χ4v) is 5.47. The van der Waals surface area contributed by atoms with E-state index in [2.05, 4.69) is 31.3 Å². The third-order valence-electron chi connectivity index (χ3n) is 6.61. The van der Waals surface area contributed by atoms with Crippen LogP contribution >= 0.6 is 0 Å². The Morgan fingerprint density at radius 3 is 2.62 bits per heavy atom. The quantitative estimate of drug-likeness (QED) is 0.775. The standard InChI is InChI=1S/C19H34N2/c1-13-7-3-4-10-16(13)14(2)21-18-12-6-9-15-8-5-11-17(20)19(15)18/h3,7,13-19,21H,4-6,8-12,20H2,1-2H3. The van der Waals surface area contributed by atoms with Crippen LogP contribution in [0.4, 0.5) is 0 Å². The first-order chi connectivity index (χ1) is 10.2. The lowest BCUT2D eigenvalue weighted by atomic mass is 9.66. The summed E-state index contributed by atoms with van der Waals surface area (Å²) in [7, 11) is 0. The lowest BCUT2D eigenvalue weighted by molar-refractivity contribution is 0.0908. The molecular weight excluding hydrogens is 256 g/mol. The minimum Gasteiger partial charge on any atom is -0.327 e. The van der Waals surface area contributed by atoms with Gasteiger partial charge in [0, 0.05) is 18.1 Å². The summed E-state index contributed by atoms with van der Waals surface area (Å²) in [5.41, 5.74) is 6.51. The van der Waals surface area contributed by atoms with Crippen molar-refractivity contribution < 1.29 is 0 Å². The van der Waals surface area contributed by atoms with Gasteiger partial charge in [0.1, 0.15) is 0 Å². The molecule has 0 saturated heterocycles. The molecule has 0 aromatic carbocycles. The minimum atomic E-state index is 0.442. The van der Waals surface area contributed by atoms with Crippen molar-refractivity contribution in [3.63, 3.8) is 0 Å². The van der Waals surface area contributed by atoms with E-state index in [4.69, 9.17) is 5.73 Å². The monoisotopic (exact) mass is 290 g/mol. The maximum absolute atomic E-state index is 6.51. The van der Waals surface area contributed by atoms with Crippen molar-refractivity contribution in [3.05, 3.63) is 12.2 Å². The Morgan fingerprint density at radius 1 is 1.10 bits per heavy atom. The third-order valence-corrected chi connectivity index (χ3v) is 6.61. The number of hydrogen-bond acceptors (Lipinski definition) is 2.